The summed E-state index contributed by atoms with van der Waals surface area (Å²) in [6.07, 6.45) is 4.37. The summed E-state index contributed by atoms with van der Waals surface area (Å²) in [6.45, 7) is 6.17. The monoisotopic (exact) mass is 346 g/mol. The van der Waals surface area contributed by atoms with Crippen molar-refractivity contribution in [3.05, 3.63) is 29.8 Å². The lowest BCUT2D eigenvalue weighted by Gasteiger charge is -2.56. The smallest absolute Gasteiger partial charge is 0.321 e. The summed E-state index contributed by atoms with van der Waals surface area (Å²) in [5.74, 6) is 0. The molecule has 1 heterocycles. The highest BCUT2D eigenvalue weighted by Gasteiger charge is 2.56. The van der Waals surface area contributed by atoms with Gasteiger partial charge in [0.2, 0.25) is 0 Å². The number of hydrogen-bond donors (Lipinski definition) is 2. The van der Waals surface area contributed by atoms with Crippen LogP contribution >= 0.6 is 0 Å². The van der Waals surface area contributed by atoms with Crippen LogP contribution in [0.25, 0.3) is 0 Å². The number of amides is 2. The fourth-order valence-corrected chi connectivity index (χ4v) is 4.19. The molecule has 2 amide bonds. The molecule has 5 heteroatoms. The number of ether oxygens (including phenoxy) is 1. The summed E-state index contributed by atoms with van der Waals surface area (Å²) < 4.78 is 5.78. The highest BCUT2D eigenvalue weighted by Crippen LogP contribution is 2.50. The van der Waals surface area contributed by atoms with Gasteiger partial charge in [-0.05, 0) is 43.9 Å². The number of benzene rings is 1. The molecule has 2 N–H and O–H groups in total. The van der Waals surface area contributed by atoms with Crippen LogP contribution in [0.15, 0.2) is 24.3 Å². The SMILES string of the molecule is CCCc1ccc(NC(=O)N2CCC3(CC2)[C@H](O)C[C@@H]3OCC)cc1. The van der Waals surface area contributed by atoms with Crippen LogP contribution in [0.5, 0.6) is 0 Å². The Hall–Kier alpha value is -1.59. The van der Waals surface area contributed by atoms with E-state index in [0.717, 1.165) is 37.8 Å². The third kappa shape index (κ3) is 3.67. The van der Waals surface area contributed by atoms with Gasteiger partial charge in [-0.1, -0.05) is 25.5 Å². The van der Waals surface area contributed by atoms with E-state index in [1.54, 1.807) is 0 Å². The summed E-state index contributed by atoms with van der Waals surface area (Å²) in [4.78, 5) is 14.4. The molecule has 1 aromatic carbocycles. The molecule has 1 spiro atoms. The molecule has 2 atom stereocenters. The summed E-state index contributed by atoms with van der Waals surface area (Å²) in [5, 5.41) is 13.2. The molecule has 1 aliphatic carbocycles. The van der Waals surface area contributed by atoms with E-state index in [1.165, 1.54) is 5.56 Å². The Morgan fingerprint density at radius 2 is 1.96 bits per heavy atom. The van der Waals surface area contributed by atoms with Gasteiger partial charge in [0, 0.05) is 37.2 Å². The molecule has 2 aliphatic rings. The van der Waals surface area contributed by atoms with Crippen molar-refractivity contribution >= 4 is 11.7 Å². The zero-order valence-corrected chi connectivity index (χ0v) is 15.3. The van der Waals surface area contributed by atoms with E-state index in [0.29, 0.717) is 19.7 Å². The van der Waals surface area contributed by atoms with Crippen molar-refractivity contribution in [1.82, 2.24) is 4.90 Å². The Bertz CT molecular complexity index is 577. The lowest BCUT2D eigenvalue weighted by atomic mass is 9.58. The normalized spacial score (nSPS) is 24.8. The molecule has 1 saturated heterocycles. The molecule has 25 heavy (non-hydrogen) atoms. The van der Waals surface area contributed by atoms with Crippen molar-refractivity contribution in [2.75, 3.05) is 25.0 Å². The number of nitrogens with zero attached hydrogens (tertiary/aromatic N) is 1. The minimum Gasteiger partial charge on any atom is -0.392 e. The van der Waals surface area contributed by atoms with E-state index in [2.05, 4.69) is 24.4 Å². The molecule has 0 radical (unpaired) electrons. The van der Waals surface area contributed by atoms with Crippen LogP contribution in [0, 0.1) is 5.41 Å². The second-order valence-corrected chi connectivity index (χ2v) is 7.29. The fourth-order valence-electron chi connectivity index (χ4n) is 4.19. The van der Waals surface area contributed by atoms with E-state index in [4.69, 9.17) is 4.74 Å². The molecule has 1 aliphatic heterocycles. The molecule has 0 aromatic heterocycles. The molecular formula is C20H30N2O3. The lowest BCUT2D eigenvalue weighted by molar-refractivity contribution is -0.207. The number of hydrogen-bond acceptors (Lipinski definition) is 3. The van der Waals surface area contributed by atoms with E-state index < -0.39 is 0 Å². The predicted molar refractivity (Wildman–Crippen MR) is 98.7 cm³/mol. The van der Waals surface area contributed by atoms with Crippen molar-refractivity contribution in [3.63, 3.8) is 0 Å². The predicted octanol–water partition coefficient (Wildman–Crippen LogP) is 3.42. The first-order valence-electron chi connectivity index (χ1n) is 9.53. The number of aryl methyl sites for hydroxylation is 1. The van der Waals surface area contributed by atoms with Gasteiger partial charge in [-0.15, -0.1) is 0 Å². The number of aliphatic hydroxyl groups is 1. The number of aliphatic hydroxyl groups excluding tert-OH is 1. The number of anilines is 1. The highest BCUT2D eigenvalue weighted by molar-refractivity contribution is 5.89. The maximum absolute atomic E-state index is 12.5. The molecule has 0 unspecified atom stereocenters. The minimum atomic E-state index is -0.291. The third-order valence-corrected chi connectivity index (χ3v) is 5.84. The van der Waals surface area contributed by atoms with Crippen LogP contribution < -0.4 is 5.32 Å². The molecule has 1 aromatic rings. The number of rotatable bonds is 5. The molecular weight excluding hydrogens is 316 g/mol. The topological polar surface area (TPSA) is 61.8 Å². The number of piperidine rings is 1. The fraction of sp³-hybridized carbons (Fsp3) is 0.650. The van der Waals surface area contributed by atoms with E-state index in [-0.39, 0.29) is 23.7 Å². The first-order chi connectivity index (χ1) is 12.1. The van der Waals surface area contributed by atoms with Gasteiger partial charge in [0.1, 0.15) is 0 Å². The van der Waals surface area contributed by atoms with Crippen LogP contribution in [0.4, 0.5) is 10.5 Å². The Balaban J connectivity index is 1.53. The Morgan fingerprint density at radius 1 is 1.28 bits per heavy atom. The lowest BCUT2D eigenvalue weighted by Crippen LogP contribution is -2.63. The van der Waals surface area contributed by atoms with E-state index in [1.807, 2.05) is 24.0 Å². The van der Waals surface area contributed by atoms with Crippen LogP contribution in [-0.2, 0) is 11.2 Å². The molecule has 5 nitrogen and oxygen atoms in total. The maximum atomic E-state index is 12.5. The Labute approximate surface area is 150 Å². The van der Waals surface area contributed by atoms with Gasteiger partial charge in [-0.2, -0.15) is 0 Å². The average Bonchev–Trinajstić information content (AvgIpc) is 2.63. The molecule has 2 fully saturated rings. The third-order valence-electron chi connectivity index (χ3n) is 5.84. The number of carbonyl (C=O) groups is 1. The molecule has 1 saturated carbocycles. The Morgan fingerprint density at radius 3 is 2.52 bits per heavy atom. The van der Waals surface area contributed by atoms with Crippen molar-refractivity contribution in [3.8, 4) is 0 Å². The zero-order valence-electron chi connectivity index (χ0n) is 15.3. The van der Waals surface area contributed by atoms with Gasteiger partial charge in [-0.3, -0.25) is 0 Å². The number of carbonyl (C=O) groups excluding carboxylic acids is 1. The molecule has 0 bridgehead atoms. The largest absolute Gasteiger partial charge is 0.392 e. The van der Waals surface area contributed by atoms with Crippen LogP contribution in [-0.4, -0.2) is 47.9 Å². The average molecular weight is 346 g/mol. The van der Waals surface area contributed by atoms with Crippen molar-refractivity contribution in [2.45, 2.75) is 58.2 Å². The molecule has 138 valence electrons. The van der Waals surface area contributed by atoms with Crippen molar-refractivity contribution < 1.29 is 14.6 Å². The van der Waals surface area contributed by atoms with E-state index in [9.17, 15) is 9.90 Å². The summed E-state index contributed by atoms with van der Waals surface area (Å²) >= 11 is 0. The second-order valence-electron chi connectivity index (χ2n) is 7.29. The number of urea groups is 1. The number of likely N-dealkylation sites (tertiary alicyclic amines) is 1. The Kier molecular flexibility index (Phi) is 5.64. The van der Waals surface area contributed by atoms with Crippen molar-refractivity contribution in [1.29, 1.82) is 0 Å². The second kappa shape index (κ2) is 7.75. The molecule has 3 rings (SSSR count). The van der Waals surface area contributed by atoms with Gasteiger partial charge in [-0.25, -0.2) is 4.79 Å². The van der Waals surface area contributed by atoms with Crippen LogP contribution in [0.3, 0.4) is 0 Å². The quantitative estimate of drug-likeness (QED) is 0.859. The number of nitrogens with one attached hydrogen (secondary N) is 1. The van der Waals surface area contributed by atoms with Crippen LogP contribution in [0.1, 0.15) is 45.1 Å². The zero-order chi connectivity index (χ0) is 17.9. The minimum absolute atomic E-state index is 0.0557. The van der Waals surface area contributed by atoms with Gasteiger partial charge in [0.15, 0.2) is 0 Å². The first kappa shape index (κ1) is 18.2. The van der Waals surface area contributed by atoms with Gasteiger partial charge in [0.05, 0.1) is 12.2 Å². The first-order valence-corrected chi connectivity index (χ1v) is 9.53. The van der Waals surface area contributed by atoms with Crippen LogP contribution in [0.2, 0.25) is 0 Å². The highest BCUT2D eigenvalue weighted by atomic mass is 16.5. The van der Waals surface area contributed by atoms with Gasteiger partial charge < -0.3 is 20.1 Å². The standard InChI is InChI=1S/C20H30N2O3/c1-3-5-15-6-8-16(9-7-15)21-19(24)22-12-10-20(11-13-22)17(23)14-18(20)25-4-2/h6-9,17-18,23H,3-5,10-14H2,1-2H3,(H,21,24)/t17-,18+/m1/s1. The van der Waals surface area contributed by atoms with Crippen molar-refractivity contribution in [2.24, 2.45) is 5.41 Å². The van der Waals surface area contributed by atoms with Gasteiger partial charge in [0.25, 0.3) is 0 Å². The maximum Gasteiger partial charge on any atom is 0.321 e. The summed E-state index contributed by atoms with van der Waals surface area (Å²) in [6, 6.07) is 8.02. The summed E-state index contributed by atoms with van der Waals surface area (Å²) in [5.41, 5.74) is 1.98. The van der Waals surface area contributed by atoms with Gasteiger partial charge >= 0.3 is 6.03 Å². The summed E-state index contributed by atoms with van der Waals surface area (Å²) in [7, 11) is 0. The van der Waals surface area contributed by atoms with E-state index >= 15 is 0 Å².